The topological polar surface area (TPSA) is 58.4 Å². The lowest BCUT2D eigenvalue weighted by molar-refractivity contribution is 0.256. The number of amides is 2. The number of para-hydroxylation sites is 1. The van der Waals surface area contributed by atoms with E-state index in [-0.39, 0.29) is 18.4 Å². The third-order valence-electron chi connectivity index (χ3n) is 3.51. The van der Waals surface area contributed by atoms with Crippen molar-refractivity contribution >= 4 is 28.5 Å². The number of benzene rings is 2. The molecular formula is C15H10FN3O2. The molecule has 2 amide bonds. The fourth-order valence-electron chi connectivity index (χ4n) is 2.52. The number of nitrogens with zero attached hydrogens (tertiary/aromatic N) is 2. The van der Waals surface area contributed by atoms with Crippen LogP contribution in [0.2, 0.25) is 0 Å². The number of urea groups is 1. The van der Waals surface area contributed by atoms with Gasteiger partial charge in [-0.3, -0.25) is 4.90 Å². The highest BCUT2D eigenvalue weighted by Gasteiger charge is 2.26. The molecule has 4 rings (SSSR count). The van der Waals surface area contributed by atoms with Gasteiger partial charge in [0.25, 0.3) is 0 Å². The van der Waals surface area contributed by atoms with Crippen molar-refractivity contribution in [1.29, 1.82) is 0 Å². The van der Waals surface area contributed by atoms with Gasteiger partial charge in [0.2, 0.25) is 0 Å². The van der Waals surface area contributed by atoms with Crippen LogP contribution in [0.4, 0.5) is 20.6 Å². The molecule has 0 radical (unpaired) electrons. The third-order valence-corrected chi connectivity index (χ3v) is 3.51. The lowest BCUT2D eigenvalue weighted by atomic mass is 10.1. The number of hydrogen-bond acceptors (Lipinski definition) is 3. The van der Waals surface area contributed by atoms with Gasteiger partial charge in [-0.15, -0.1) is 0 Å². The molecule has 1 N–H and O–H groups in total. The number of aromatic nitrogens is 1. The van der Waals surface area contributed by atoms with E-state index in [0.717, 1.165) is 5.56 Å². The molecule has 0 fully saturated rings. The largest absolute Gasteiger partial charge is 0.443 e. The molecule has 0 saturated heterocycles. The summed E-state index contributed by atoms with van der Waals surface area (Å²) >= 11 is 0. The summed E-state index contributed by atoms with van der Waals surface area (Å²) in [7, 11) is 0. The van der Waals surface area contributed by atoms with Crippen molar-refractivity contribution in [3.05, 3.63) is 54.2 Å². The molecule has 0 bridgehead atoms. The monoisotopic (exact) mass is 283 g/mol. The molecule has 0 atom stereocenters. The van der Waals surface area contributed by atoms with Gasteiger partial charge in [0, 0.05) is 5.69 Å². The van der Waals surface area contributed by atoms with Crippen LogP contribution in [-0.2, 0) is 6.54 Å². The first-order valence-corrected chi connectivity index (χ1v) is 6.41. The van der Waals surface area contributed by atoms with Crippen LogP contribution in [0.5, 0.6) is 0 Å². The number of rotatable bonds is 1. The summed E-state index contributed by atoms with van der Waals surface area (Å²) in [5, 5.41) is 2.75. The summed E-state index contributed by atoms with van der Waals surface area (Å²) in [6, 6.07) is 9.39. The molecule has 6 heteroatoms. The van der Waals surface area contributed by atoms with Gasteiger partial charge in [-0.2, -0.15) is 0 Å². The van der Waals surface area contributed by atoms with Gasteiger partial charge in [-0.25, -0.2) is 14.2 Å². The molecule has 1 aliphatic heterocycles. The second-order valence-corrected chi connectivity index (χ2v) is 4.79. The van der Waals surface area contributed by atoms with Gasteiger partial charge in [0.15, 0.2) is 12.0 Å². The van der Waals surface area contributed by atoms with Crippen LogP contribution in [0.3, 0.4) is 0 Å². The maximum absolute atomic E-state index is 13.4. The van der Waals surface area contributed by atoms with Crippen molar-refractivity contribution in [2.45, 2.75) is 6.54 Å². The SMILES string of the molecule is O=C1Nc2ccc(F)cc2CN1c1cccc2ocnc12. The van der Waals surface area contributed by atoms with E-state index >= 15 is 0 Å². The number of halogens is 1. The Balaban J connectivity index is 1.82. The number of hydrogen-bond donors (Lipinski definition) is 1. The summed E-state index contributed by atoms with van der Waals surface area (Å²) in [4.78, 5) is 17.9. The molecular weight excluding hydrogens is 273 g/mol. The minimum Gasteiger partial charge on any atom is -0.443 e. The molecule has 2 aromatic carbocycles. The van der Waals surface area contributed by atoms with Gasteiger partial charge in [0.05, 0.1) is 12.2 Å². The van der Waals surface area contributed by atoms with Gasteiger partial charge in [0.1, 0.15) is 11.3 Å². The number of nitrogens with one attached hydrogen (secondary N) is 1. The lowest BCUT2D eigenvalue weighted by Gasteiger charge is -2.29. The molecule has 104 valence electrons. The smallest absolute Gasteiger partial charge is 0.326 e. The van der Waals surface area contributed by atoms with Crippen molar-refractivity contribution in [2.75, 3.05) is 10.2 Å². The fraction of sp³-hybridized carbons (Fsp3) is 0.0667. The Hall–Kier alpha value is -2.89. The van der Waals surface area contributed by atoms with Gasteiger partial charge < -0.3 is 9.73 Å². The molecule has 5 nitrogen and oxygen atoms in total. The Bertz CT molecular complexity index is 859. The molecule has 1 aliphatic rings. The Morgan fingerprint density at radius 1 is 1.29 bits per heavy atom. The van der Waals surface area contributed by atoms with E-state index < -0.39 is 0 Å². The number of fused-ring (bicyclic) bond motifs is 2. The average Bonchev–Trinajstić information content (AvgIpc) is 2.95. The van der Waals surface area contributed by atoms with E-state index in [1.807, 2.05) is 0 Å². The zero-order valence-electron chi connectivity index (χ0n) is 10.8. The van der Waals surface area contributed by atoms with Crippen molar-refractivity contribution in [3.8, 4) is 0 Å². The van der Waals surface area contributed by atoms with Crippen LogP contribution in [0.15, 0.2) is 47.2 Å². The Labute approximate surface area is 119 Å². The number of anilines is 2. The van der Waals surface area contributed by atoms with Crippen LogP contribution in [0, 0.1) is 5.82 Å². The summed E-state index contributed by atoms with van der Waals surface area (Å²) < 4.78 is 18.6. The fourth-order valence-corrected chi connectivity index (χ4v) is 2.52. The first-order valence-electron chi connectivity index (χ1n) is 6.41. The van der Waals surface area contributed by atoms with Crippen LogP contribution in [0.1, 0.15) is 5.56 Å². The molecule has 0 unspecified atom stereocenters. The standard InChI is InChI=1S/C15H10FN3O2/c16-10-4-5-11-9(6-10)7-19(15(20)18-11)12-2-1-3-13-14(12)17-8-21-13/h1-6,8H,7H2,(H,18,20). The Morgan fingerprint density at radius 2 is 2.19 bits per heavy atom. The minimum atomic E-state index is -0.329. The zero-order valence-corrected chi connectivity index (χ0v) is 10.8. The number of carbonyl (C=O) groups excluding carboxylic acids is 1. The van der Waals surface area contributed by atoms with Crippen molar-refractivity contribution in [1.82, 2.24) is 4.98 Å². The lowest BCUT2D eigenvalue weighted by Crippen LogP contribution is -2.38. The second kappa shape index (κ2) is 4.31. The van der Waals surface area contributed by atoms with Crippen LogP contribution >= 0.6 is 0 Å². The predicted molar refractivity (Wildman–Crippen MR) is 75.6 cm³/mol. The number of carbonyl (C=O) groups is 1. The van der Waals surface area contributed by atoms with Crippen LogP contribution in [-0.4, -0.2) is 11.0 Å². The predicted octanol–water partition coefficient (Wildman–Crippen LogP) is 3.52. The molecule has 3 aromatic rings. The Kier molecular flexibility index (Phi) is 2.44. The van der Waals surface area contributed by atoms with E-state index in [9.17, 15) is 9.18 Å². The van der Waals surface area contributed by atoms with E-state index in [1.165, 1.54) is 23.4 Å². The third kappa shape index (κ3) is 1.84. The highest BCUT2D eigenvalue weighted by Crippen LogP contribution is 2.31. The number of oxazole rings is 1. The van der Waals surface area contributed by atoms with Crippen LogP contribution < -0.4 is 10.2 Å². The van der Waals surface area contributed by atoms with Crippen molar-refractivity contribution in [2.24, 2.45) is 0 Å². The van der Waals surface area contributed by atoms with Crippen LogP contribution in [0.25, 0.3) is 11.1 Å². The first-order chi connectivity index (χ1) is 10.2. The summed E-state index contributed by atoms with van der Waals surface area (Å²) in [5.74, 6) is -0.329. The maximum Gasteiger partial charge on any atom is 0.326 e. The molecule has 1 aromatic heterocycles. The molecule has 0 spiro atoms. The van der Waals surface area contributed by atoms with Crippen molar-refractivity contribution < 1.29 is 13.6 Å². The maximum atomic E-state index is 13.4. The highest BCUT2D eigenvalue weighted by molar-refractivity contribution is 6.08. The normalized spacial score (nSPS) is 14.1. The molecule has 0 saturated carbocycles. The first kappa shape index (κ1) is 11.9. The minimum absolute atomic E-state index is 0.274. The Morgan fingerprint density at radius 3 is 3.10 bits per heavy atom. The van der Waals surface area contributed by atoms with Gasteiger partial charge in [-0.05, 0) is 35.9 Å². The van der Waals surface area contributed by atoms with E-state index in [2.05, 4.69) is 10.3 Å². The second-order valence-electron chi connectivity index (χ2n) is 4.79. The summed E-state index contributed by atoms with van der Waals surface area (Å²) in [5.41, 5.74) is 3.19. The molecule has 2 heterocycles. The average molecular weight is 283 g/mol. The quantitative estimate of drug-likeness (QED) is 0.743. The summed E-state index contributed by atoms with van der Waals surface area (Å²) in [6.45, 7) is 0.283. The van der Waals surface area contributed by atoms with Gasteiger partial charge >= 0.3 is 6.03 Å². The van der Waals surface area contributed by atoms with E-state index in [0.29, 0.717) is 22.5 Å². The van der Waals surface area contributed by atoms with E-state index in [1.54, 1.807) is 24.3 Å². The van der Waals surface area contributed by atoms with E-state index in [4.69, 9.17) is 4.42 Å². The zero-order chi connectivity index (χ0) is 14.4. The van der Waals surface area contributed by atoms with Crippen molar-refractivity contribution in [3.63, 3.8) is 0 Å². The summed E-state index contributed by atoms with van der Waals surface area (Å²) in [6.07, 6.45) is 1.34. The highest BCUT2D eigenvalue weighted by atomic mass is 19.1. The molecule has 0 aliphatic carbocycles. The van der Waals surface area contributed by atoms with Gasteiger partial charge in [-0.1, -0.05) is 6.07 Å². The molecule has 21 heavy (non-hydrogen) atoms.